The van der Waals surface area contributed by atoms with E-state index in [1.54, 1.807) is 7.11 Å². The minimum Gasteiger partial charge on any atom is -0.497 e. The molecule has 0 bridgehead atoms. The minimum absolute atomic E-state index is 0.104. The van der Waals surface area contributed by atoms with Gasteiger partial charge in [0.2, 0.25) is 5.91 Å². The summed E-state index contributed by atoms with van der Waals surface area (Å²) in [7, 11) is 1.66. The van der Waals surface area contributed by atoms with Crippen LogP contribution in [0.1, 0.15) is 25.3 Å². The number of para-hydroxylation sites is 1. The van der Waals surface area contributed by atoms with E-state index >= 15 is 0 Å². The number of carbonyl (C=O) groups is 1. The molecule has 0 saturated heterocycles. The first-order chi connectivity index (χ1) is 12.2. The van der Waals surface area contributed by atoms with Crippen LogP contribution < -0.4 is 10.1 Å². The molecule has 0 radical (unpaired) electrons. The molecule has 0 fully saturated rings. The van der Waals surface area contributed by atoms with Gasteiger partial charge in [0.15, 0.2) is 0 Å². The monoisotopic (exact) mass is 336 g/mol. The molecule has 1 heterocycles. The molecule has 4 nitrogen and oxygen atoms in total. The number of carbonyl (C=O) groups excluding carboxylic acids is 1. The number of hydrogen-bond acceptors (Lipinski definition) is 2. The van der Waals surface area contributed by atoms with Crippen LogP contribution in [0.4, 0.5) is 0 Å². The Balaban J connectivity index is 1.92. The lowest BCUT2D eigenvalue weighted by Gasteiger charge is -2.07. The van der Waals surface area contributed by atoms with Gasteiger partial charge in [-0.1, -0.05) is 25.1 Å². The molecule has 130 valence electrons. The summed E-state index contributed by atoms with van der Waals surface area (Å²) >= 11 is 0. The summed E-state index contributed by atoms with van der Waals surface area (Å²) in [6, 6.07) is 16.2. The van der Waals surface area contributed by atoms with Crippen LogP contribution in [0.5, 0.6) is 5.75 Å². The smallest absolute Gasteiger partial charge is 0.220 e. The highest BCUT2D eigenvalue weighted by molar-refractivity contribution is 5.91. The second-order valence-corrected chi connectivity index (χ2v) is 6.10. The van der Waals surface area contributed by atoms with Crippen LogP contribution in [-0.4, -0.2) is 24.5 Å². The van der Waals surface area contributed by atoms with Gasteiger partial charge >= 0.3 is 0 Å². The molecule has 2 N–H and O–H groups in total. The fraction of sp³-hybridized carbons (Fsp3) is 0.286. The van der Waals surface area contributed by atoms with Crippen LogP contribution in [0, 0.1) is 0 Å². The number of rotatable bonds is 7. The molecule has 0 aliphatic heterocycles. The number of aryl methyl sites for hydroxylation is 1. The number of ether oxygens (including phenoxy) is 1. The summed E-state index contributed by atoms with van der Waals surface area (Å²) in [6.45, 7) is 2.79. The Bertz CT molecular complexity index is 850. The van der Waals surface area contributed by atoms with Crippen LogP contribution in [0.25, 0.3) is 22.2 Å². The molecule has 0 aliphatic rings. The largest absolute Gasteiger partial charge is 0.497 e. The molecule has 3 aromatic rings. The number of fused-ring (bicyclic) bond motifs is 1. The van der Waals surface area contributed by atoms with E-state index in [9.17, 15) is 4.79 Å². The van der Waals surface area contributed by atoms with Gasteiger partial charge in [-0.2, -0.15) is 0 Å². The average molecular weight is 336 g/mol. The fourth-order valence-corrected chi connectivity index (χ4v) is 3.06. The van der Waals surface area contributed by atoms with Gasteiger partial charge < -0.3 is 15.0 Å². The molecule has 3 rings (SSSR count). The summed E-state index contributed by atoms with van der Waals surface area (Å²) in [5.41, 5.74) is 4.46. The summed E-state index contributed by atoms with van der Waals surface area (Å²) in [5, 5.41) is 4.13. The molecular formula is C21H24N2O2. The SMILES string of the molecule is CCCNC(=O)CCc1c(-c2ccc(OC)cc2)[nH]c2ccccc12. The predicted octanol–water partition coefficient (Wildman–Crippen LogP) is 4.30. The van der Waals surface area contributed by atoms with Gasteiger partial charge in [-0.25, -0.2) is 0 Å². The Morgan fingerprint density at radius 3 is 2.60 bits per heavy atom. The van der Waals surface area contributed by atoms with Crippen molar-refractivity contribution in [2.75, 3.05) is 13.7 Å². The second-order valence-electron chi connectivity index (χ2n) is 6.10. The van der Waals surface area contributed by atoms with Crippen molar-refractivity contribution in [3.05, 3.63) is 54.1 Å². The molecule has 1 aromatic heterocycles. The van der Waals surface area contributed by atoms with Crippen molar-refractivity contribution in [1.29, 1.82) is 0 Å². The van der Waals surface area contributed by atoms with Gasteiger partial charge in [0, 0.05) is 29.6 Å². The van der Waals surface area contributed by atoms with Gasteiger partial charge in [0.1, 0.15) is 5.75 Å². The molecule has 1 amide bonds. The van der Waals surface area contributed by atoms with Gasteiger partial charge in [0.05, 0.1) is 7.11 Å². The normalized spacial score (nSPS) is 10.8. The molecule has 0 saturated carbocycles. The number of H-pyrrole nitrogens is 1. The van der Waals surface area contributed by atoms with Gasteiger partial charge in [-0.3, -0.25) is 4.79 Å². The van der Waals surface area contributed by atoms with E-state index in [2.05, 4.69) is 29.4 Å². The highest BCUT2D eigenvalue weighted by Crippen LogP contribution is 2.32. The predicted molar refractivity (Wildman–Crippen MR) is 102 cm³/mol. The van der Waals surface area contributed by atoms with Crippen LogP contribution in [0.15, 0.2) is 48.5 Å². The lowest BCUT2D eigenvalue weighted by atomic mass is 10.0. The molecule has 0 atom stereocenters. The Hall–Kier alpha value is -2.75. The highest BCUT2D eigenvalue weighted by Gasteiger charge is 2.14. The topological polar surface area (TPSA) is 54.1 Å². The Labute approximate surface area is 148 Å². The summed E-state index contributed by atoms with van der Waals surface area (Å²) in [6.07, 6.45) is 2.15. The number of aromatic amines is 1. The van der Waals surface area contributed by atoms with E-state index in [1.807, 2.05) is 36.4 Å². The van der Waals surface area contributed by atoms with Crippen LogP contribution in [0.2, 0.25) is 0 Å². The van der Waals surface area contributed by atoms with Gasteiger partial charge in [0.25, 0.3) is 0 Å². The van der Waals surface area contributed by atoms with Gasteiger partial charge in [-0.15, -0.1) is 0 Å². The van der Waals surface area contributed by atoms with Crippen molar-refractivity contribution in [2.45, 2.75) is 26.2 Å². The van der Waals surface area contributed by atoms with Crippen LogP contribution >= 0.6 is 0 Å². The third-order valence-corrected chi connectivity index (χ3v) is 4.37. The van der Waals surface area contributed by atoms with Crippen molar-refractivity contribution >= 4 is 16.8 Å². The fourth-order valence-electron chi connectivity index (χ4n) is 3.06. The summed E-state index contributed by atoms with van der Waals surface area (Å²) < 4.78 is 5.25. The Morgan fingerprint density at radius 1 is 1.12 bits per heavy atom. The van der Waals surface area contributed by atoms with E-state index in [-0.39, 0.29) is 5.91 Å². The summed E-state index contributed by atoms with van der Waals surface area (Å²) in [5.74, 6) is 0.938. The van der Waals surface area contributed by atoms with Crippen LogP contribution in [-0.2, 0) is 11.2 Å². The molecule has 4 heteroatoms. The van der Waals surface area contributed by atoms with Crippen molar-refractivity contribution in [3.8, 4) is 17.0 Å². The lowest BCUT2D eigenvalue weighted by molar-refractivity contribution is -0.121. The minimum atomic E-state index is 0.104. The highest BCUT2D eigenvalue weighted by atomic mass is 16.5. The zero-order valence-electron chi connectivity index (χ0n) is 14.8. The van der Waals surface area contributed by atoms with E-state index < -0.39 is 0 Å². The van der Waals surface area contributed by atoms with Crippen LogP contribution in [0.3, 0.4) is 0 Å². The zero-order chi connectivity index (χ0) is 17.6. The number of nitrogens with one attached hydrogen (secondary N) is 2. The lowest BCUT2D eigenvalue weighted by Crippen LogP contribution is -2.24. The number of hydrogen-bond donors (Lipinski definition) is 2. The number of aromatic nitrogens is 1. The first-order valence-electron chi connectivity index (χ1n) is 8.73. The number of methoxy groups -OCH3 is 1. The van der Waals surface area contributed by atoms with Crippen molar-refractivity contribution in [2.24, 2.45) is 0 Å². The number of benzene rings is 2. The second kappa shape index (κ2) is 7.88. The molecule has 0 unspecified atom stereocenters. The molecule has 2 aromatic carbocycles. The maximum Gasteiger partial charge on any atom is 0.220 e. The molecular weight excluding hydrogens is 312 g/mol. The van der Waals surface area contributed by atoms with E-state index in [0.29, 0.717) is 12.8 Å². The maximum absolute atomic E-state index is 12.0. The molecule has 25 heavy (non-hydrogen) atoms. The van der Waals surface area contributed by atoms with Crippen molar-refractivity contribution in [3.63, 3.8) is 0 Å². The zero-order valence-corrected chi connectivity index (χ0v) is 14.8. The summed E-state index contributed by atoms with van der Waals surface area (Å²) in [4.78, 5) is 15.5. The quantitative estimate of drug-likeness (QED) is 0.676. The standard InChI is InChI=1S/C21H24N2O2/c1-3-14-22-20(24)13-12-18-17-6-4-5-7-19(17)23-21(18)15-8-10-16(25-2)11-9-15/h4-11,23H,3,12-14H2,1-2H3,(H,22,24). The third-order valence-electron chi connectivity index (χ3n) is 4.37. The van der Waals surface area contributed by atoms with E-state index in [1.165, 1.54) is 10.9 Å². The Morgan fingerprint density at radius 2 is 1.88 bits per heavy atom. The van der Waals surface area contributed by atoms with E-state index in [0.717, 1.165) is 35.5 Å². The van der Waals surface area contributed by atoms with Crippen molar-refractivity contribution in [1.82, 2.24) is 10.3 Å². The maximum atomic E-state index is 12.0. The van der Waals surface area contributed by atoms with Gasteiger partial charge in [-0.05, 0) is 54.3 Å². The first kappa shape index (κ1) is 17.1. The number of amides is 1. The third kappa shape index (κ3) is 3.85. The van der Waals surface area contributed by atoms with Crippen molar-refractivity contribution < 1.29 is 9.53 Å². The van der Waals surface area contributed by atoms with E-state index in [4.69, 9.17) is 4.74 Å². The molecule has 0 aliphatic carbocycles. The Kier molecular flexibility index (Phi) is 5.39. The first-order valence-corrected chi connectivity index (χ1v) is 8.73. The molecule has 0 spiro atoms. The average Bonchev–Trinajstić information content (AvgIpc) is 3.03.